The molecular weight excluding hydrogens is 390 g/mol. The summed E-state index contributed by atoms with van der Waals surface area (Å²) in [6, 6.07) is 3.37. The van der Waals surface area contributed by atoms with Gasteiger partial charge in [0.25, 0.3) is 0 Å². The van der Waals surface area contributed by atoms with Gasteiger partial charge in [-0.3, -0.25) is 0 Å². The Morgan fingerprint density at radius 2 is 2.14 bits per heavy atom. The fourth-order valence-electron chi connectivity index (χ4n) is 2.43. The summed E-state index contributed by atoms with van der Waals surface area (Å²) < 4.78 is 17.4. The molecule has 2 atom stereocenters. The Kier molecular flexibility index (Phi) is 6.34. The van der Waals surface area contributed by atoms with Gasteiger partial charge in [0.15, 0.2) is 11.5 Å². The van der Waals surface area contributed by atoms with E-state index in [2.05, 4.69) is 20.1 Å². The molecule has 3 rings (SSSR count). The van der Waals surface area contributed by atoms with E-state index >= 15 is 0 Å². The van der Waals surface area contributed by atoms with Gasteiger partial charge in [-0.2, -0.15) is 9.78 Å². The first-order valence-corrected chi connectivity index (χ1v) is 8.68. The van der Waals surface area contributed by atoms with Crippen LogP contribution in [0.1, 0.15) is 6.92 Å². The van der Waals surface area contributed by atoms with Crippen LogP contribution in [0.4, 0.5) is 0 Å². The number of hydrogen-bond donors (Lipinski definition) is 1. The lowest BCUT2D eigenvalue weighted by Crippen LogP contribution is -2.34. The number of pyridine rings is 1. The largest absolute Gasteiger partial charge is 0.478 e. The van der Waals surface area contributed by atoms with Crippen LogP contribution in [0.15, 0.2) is 30.9 Å². The molecule has 0 aliphatic heterocycles. The molecule has 0 amide bonds. The fraction of sp³-hybridized carbons (Fsp3) is 0.353. The van der Waals surface area contributed by atoms with Crippen molar-refractivity contribution in [1.29, 1.82) is 0 Å². The zero-order valence-electron chi connectivity index (χ0n) is 15.1. The summed E-state index contributed by atoms with van der Waals surface area (Å²) in [5.41, 5.74) is 0.378. The molecule has 0 aromatic carbocycles. The Bertz CT molecular complexity index is 966. The van der Waals surface area contributed by atoms with Crippen LogP contribution in [0.25, 0.3) is 16.9 Å². The molecule has 0 saturated heterocycles. The summed E-state index contributed by atoms with van der Waals surface area (Å²) in [5, 5.41) is 14.5. The lowest BCUT2D eigenvalue weighted by atomic mass is 10.3. The highest BCUT2D eigenvalue weighted by Crippen LogP contribution is 2.26. The second-order valence-corrected chi connectivity index (χ2v) is 6.23. The number of methoxy groups -OCH3 is 1. The van der Waals surface area contributed by atoms with Gasteiger partial charge >= 0.3 is 5.97 Å². The lowest BCUT2D eigenvalue weighted by Gasteiger charge is -2.18. The predicted molar refractivity (Wildman–Crippen MR) is 98.8 cm³/mol. The summed E-state index contributed by atoms with van der Waals surface area (Å²) in [6.07, 6.45) is 2.74. The second-order valence-electron chi connectivity index (χ2n) is 5.83. The lowest BCUT2D eigenvalue weighted by molar-refractivity contribution is -0.149. The van der Waals surface area contributed by atoms with Crippen LogP contribution in [0.3, 0.4) is 0 Å². The first-order valence-electron chi connectivity index (χ1n) is 8.31. The summed E-state index contributed by atoms with van der Waals surface area (Å²) in [7, 11) is 1.54. The summed E-state index contributed by atoms with van der Waals surface area (Å²) in [5.74, 6) is -0.731. The van der Waals surface area contributed by atoms with Gasteiger partial charge in [-0.05, 0) is 19.1 Å². The van der Waals surface area contributed by atoms with Gasteiger partial charge < -0.3 is 19.3 Å². The number of nitrogens with zero attached hydrogens (tertiary/aromatic N) is 5. The van der Waals surface area contributed by atoms with Crippen molar-refractivity contribution >= 4 is 28.6 Å². The van der Waals surface area contributed by atoms with Gasteiger partial charge in [0.1, 0.15) is 11.7 Å². The van der Waals surface area contributed by atoms with Crippen LogP contribution in [-0.4, -0.2) is 68.3 Å². The van der Waals surface area contributed by atoms with E-state index in [9.17, 15) is 9.90 Å². The maximum atomic E-state index is 11.6. The molecule has 11 heteroatoms. The monoisotopic (exact) mass is 407 g/mol. The number of carbonyl (C=O) groups is 1. The summed E-state index contributed by atoms with van der Waals surface area (Å²) in [6.45, 7) is 1.93. The van der Waals surface area contributed by atoms with Gasteiger partial charge in [-0.1, -0.05) is 11.6 Å². The van der Waals surface area contributed by atoms with Crippen LogP contribution >= 0.6 is 11.6 Å². The van der Waals surface area contributed by atoms with Crippen molar-refractivity contribution in [2.45, 2.75) is 19.1 Å². The molecule has 148 valence electrons. The van der Waals surface area contributed by atoms with Gasteiger partial charge in [-0.15, -0.1) is 0 Å². The number of aromatic nitrogens is 5. The molecule has 0 saturated carbocycles. The number of aliphatic carboxylic acids is 1. The molecule has 28 heavy (non-hydrogen) atoms. The van der Waals surface area contributed by atoms with E-state index in [0.29, 0.717) is 28.5 Å². The maximum Gasteiger partial charge on any atom is 0.347 e. The zero-order chi connectivity index (χ0) is 20.1. The van der Waals surface area contributed by atoms with E-state index in [4.69, 9.17) is 25.8 Å². The van der Waals surface area contributed by atoms with Crippen LogP contribution in [0, 0.1) is 0 Å². The molecule has 3 heterocycles. The SMILES string of the molecule is COCC(C)OCC(Oc1ncnc2c1cnn2-c1ncccc1Cl)C(=O)O. The van der Waals surface area contributed by atoms with Crippen molar-refractivity contribution in [3.05, 3.63) is 35.9 Å². The van der Waals surface area contributed by atoms with Crippen molar-refractivity contribution in [3.63, 3.8) is 0 Å². The molecule has 2 unspecified atom stereocenters. The van der Waals surface area contributed by atoms with E-state index in [0.717, 1.165) is 0 Å². The van der Waals surface area contributed by atoms with Crippen LogP contribution in [0.5, 0.6) is 5.88 Å². The number of rotatable bonds is 9. The number of ether oxygens (including phenoxy) is 3. The van der Waals surface area contributed by atoms with Crippen molar-refractivity contribution in [2.75, 3.05) is 20.3 Å². The molecule has 0 aliphatic carbocycles. The van der Waals surface area contributed by atoms with Crippen LogP contribution in [0.2, 0.25) is 5.02 Å². The van der Waals surface area contributed by atoms with Gasteiger partial charge in [0.05, 0.1) is 30.5 Å². The third-order valence-corrected chi connectivity index (χ3v) is 4.03. The Hall–Kier alpha value is -2.82. The third-order valence-electron chi connectivity index (χ3n) is 3.73. The molecule has 0 spiro atoms. The Labute approximate surface area is 165 Å². The number of hydrogen-bond acceptors (Lipinski definition) is 8. The number of carboxylic acids is 1. The molecule has 10 nitrogen and oxygen atoms in total. The van der Waals surface area contributed by atoms with E-state index in [1.54, 1.807) is 25.3 Å². The summed E-state index contributed by atoms with van der Waals surface area (Å²) >= 11 is 6.18. The zero-order valence-corrected chi connectivity index (χ0v) is 15.9. The normalized spacial score (nSPS) is 13.4. The number of halogens is 1. The van der Waals surface area contributed by atoms with Gasteiger partial charge in [-0.25, -0.2) is 19.7 Å². The highest BCUT2D eigenvalue weighted by atomic mass is 35.5. The molecule has 1 N–H and O–H groups in total. The fourth-order valence-corrected chi connectivity index (χ4v) is 2.63. The quantitative estimate of drug-likeness (QED) is 0.565. The molecule has 0 radical (unpaired) electrons. The average Bonchev–Trinajstić information content (AvgIpc) is 3.10. The highest BCUT2D eigenvalue weighted by molar-refractivity contribution is 6.32. The van der Waals surface area contributed by atoms with Crippen molar-refractivity contribution in [1.82, 2.24) is 24.7 Å². The van der Waals surface area contributed by atoms with Crippen molar-refractivity contribution < 1.29 is 24.1 Å². The minimum absolute atomic E-state index is 0.0682. The molecule has 0 bridgehead atoms. The second kappa shape index (κ2) is 8.91. The first-order chi connectivity index (χ1) is 13.5. The molecule has 3 aromatic heterocycles. The standard InChI is InChI=1S/C17H18ClN5O5/c1-10(7-26-2)27-8-13(17(24)25)28-16-11-6-22-23(14(11)20-9-21-16)15-12(18)4-3-5-19-15/h3-6,9-10,13H,7-8H2,1-2H3,(H,24,25). The van der Waals surface area contributed by atoms with Crippen molar-refractivity contribution in [3.8, 4) is 11.7 Å². The topological polar surface area (TPSA) is 121 Å². The first kappa shape index (κ1) is 19.9. The highest BCUT2D eigenvalue weighted by Gasteiger charge is 2.24. The van der Waals surface area contributed by atoms with E-state index < -0.39 is 12.1 Å². The van der Waals surface area contributed by atoms with E-state index in [-0.39, 0.29) is 18.6 Å². The number of carboxylic acid groups (broad SMARTS) is 1. The predicted octanol–water partition coefficient (Wildman–Crippen LogP) is 1.75. The Morgan fingerprint density at radius 3 is 2.86 bits per heavy atom. The summed E-state index contributed by atoms with van der Waals surface area (Å²) in [4.78, 5) is 24.0. The molecule has 0 aliphatic rings. The van der Waals surface area contributed by atoms with E-state index in [1.807, 2.05) is 0 Å². The minimum Gasteiger partial charge on any atom is -0.478 e. The van der Waals surface area contributed by atoms with E-state index in [1.165, 1.54) is 24.3 Å². The van der Waals surface area contributed by atoms with Crippen molar-refractivity contribution in [2.24, 2.45) is 0 Å². The van der Waals surface area contributed by atoms with Crippen LogP contribution < -0.4 is 4.74 Å². The van der Waals surface area contributed by atoms with Gasteiger partial charge in [0.2, 0.25) is 12.0 Å². The molecule has 0 fully saturated rings. The Morgan fingerprint density at radius 1 is 1.32 bits per heavy atom. The molecular formula is C17H18ClN5O5. The van der Waals surface area contributed by atoms with Gasteiger partial charge in [0, 0.05) is 13.3 Å². The Balaban J connectivity index is 1.87. The maximum absolute atomic E-state index is 11.6. The third kappa shape index (κ3) is 4.35. The molecule has 3 aromatic rings. The number of fused-ring (bicyclic) bond motifs is 1. The smallest absolute Gasteiger partial charge is 0.347 e. The van der Waals surface area contributed by atoms with Crippen LogP contribution in [-0.2, 0) is 14.3 Å². The minimum atomic E-state index is -1.26. The average molecular weight is 408 g/mol.